The molecular formula is C33H39Cl. The fourth-order valence-electron chi connectivity index (χ4n) is 5.27. The van der Waals surface area contributed by atoms with Gasteiger partial charge in [0.15, 0.2) is 0 Å². The number of benzene rings is 3. The van der Waals surface area contributed by atoms with Gasteiger partial charge in [0.2, 0.25) is 0 Å². The Morgan fingerprint density at radius 3 is 1.41 bits per heavy atom. The molecule has 0 saturated heterocycles. The fourth-order valence-corrected chi connectivity index (χ4v) is 5.40. The molecule has 0 aliphatic heterocycles. The van der Waals surface area contributed by atoms with Crippen molar-refractivity contribution in [1.82, 2.24) is 0 Å². The summed E-state index contributed by atoms with van der Waals surface area (Å²) in [6.07, 6.45) is 17.6. The van der Waals surface area contributed by atoms with E-state index in [4.69, 9.17) is 11.6 Å². The highest BCUT2D eigenvalue weighted by molar-refractivity contribution is 6.30. The predicted octanol–water partition coefficient (Wildman–Crippen LogP) is 9.83. The molecule has 0 N–H and O–H groups in total. The van der Waals surface area contributed by atoms with Crippen LogP contribution in [0.4, 0.5) is 0 Å². The van der Waals surface area contributed by atoms with Crippen molar-refractivity contribution in [2.75, 3.05) is 0 Å². The Balaban J connectivity index is 1.15. The maximum atomic E-state index is 5.96. The van der Waals surface area contributed by atoms with Gasteiger partial charge in [-0.05, 0) is 83.9 Å². The van der Waals surface area contributed by atoms with Crippen LogP contribution in [0.15, 0.2) is 72.8 Å². The van der Waals surface area contributed by atoms with E-state index in [2.05, 4.69) is 67.6 Å². The minimum Gasteiger partial charge on any atom is -0.0843 e. The minimum atomic E-state index is 0.781. The molecule has 0 heterocycles. The molecule has 1 aliphatic carbocycles. The summed E-state index contributed by atoms with van der Waals surface area (Å²) < 4.78 is 0. The molecule has 0 atom stereocenters. The van der Waals surface area contributed by atoms with Crippen molar-refractivity contribution < 1.29 is 0 Å². The van der Waals surface area contributed by atoms with Crippen molar-refractivity contribution in [2.24, 2.45) is 11.8 Å². The molecule has 1 saturated carbocycles. The normalized spacial score (nSPS) is 18.4. The second kappa shape index (κ2) is 13.0. The predicted molar refractivity (Wildman–Crippen MR) is 149 cm³/mol. The zero-order valence-electron chi connectivity index (χ0n) is 20.7. The highest BCUT2D eigenvalue weighted by atomic mass is 35.5. The van der Waals surface area contributed by atoms with Gasteiger partial charge in [0.25, 0.3) is 0 Å². The van der Waals surface area contributed by atoms with Crippen LogP contribution in [0.2, 0.25) is 5.02 Å². The van der Waals surface area contributed by atoms with E-state index in [0.717, 1.165) is 16.9 Å². The molecule has 0 amide bonds. The van der Waals surface area contributed by atoms with Gasteiger partial charge in [0.05, 0.1) is 0 Å². The average molecular weight is 471 g/mol. The summed E-state index contributed by atoms with van der Waals surface area (Å²) >= 11 is 5.96. The van der Waals surface area contributed by atoms with Crippen molar-refractivity contribution in [3.05, 3.63) is 106 Å². The summed E-state index contributed by atoms with van der Waals surface area (Å²) in [5.74, 6) is 1.84. The average Bonchev–Trinajstić information content (AvgIpc) is 2.88. The van der Waals surface area contributed by atoms with Gasteiger partial charge in [-0.3, -0.25) is 0 Å². The molecule has 34 heavy (non-hydrogen) atoms. The number of aryl methyl sites for hydroxylation is 3. The van der Waals surface area contributed by atoms with Gasteiger partial charge in [0.1, 0.15) is 0 Å². The van der Waals surface area contributed by atoms with E-state index in [1.54, 1.807) is 0 Å². The van der Waals surface area contributed by atoms with Gasteiger partial charge in [-0.1, -0.05) is 123 Å². The minimum absolute atomic E-state index is 0.781. The van der Waals surface area contributed by atoms with Gasteiger partial charge < -0.3 is 0 Å². The van der Waals surface area contributed by atoms with Crippen LogP contribution in [0.5, 0.6) is 0 Å². The Morgan fingerprint density at radius 2 is 0.971 bits per heavy atom. The smallest absolute Gasteiger partial charge is 0.0406 e. The third-order valence-electron chi connectivity index (χ3n) is 7.53. The topological polar surface area (TPSA) is 0 Å². The standard InChI is InChI=1S/C33H39Cl/c1-2-3-26-4-6-27(7-5-26)8-9-28-10-12-29(13-11-28)14-15-30-16-18-31(19-17-30)20-21-32-22-24-33(34)25-23-32/h4-7,16-25,28-29H,2-3,8-15H2,1H3/t28-,29-. The van der Waals surface area contributed by atoms with Crippen LogP contribution < -0.4 is 0 Å². The molecule has 0 spiro atoms. The second-order valence-electron chi connectivity index (χ2n) is 10.2. The molecule has 4 rings (SSSR count). The first-order valence-electron chi connectivity index (χ1n) is 13.3. The molecule has 1 fully saturated rings. The van der Waals surface area contributed by atoms with E-state index < -0.39 is 0 Å². The molecule has 1 heteroatoms. The van der Waals surface area contributed by atoms with Crippen molar-refractivity contribution in [3.63, 3.8) is 0 Å². The van der Waals surface area contributed by atoms with Crippen molar-refractivity contribution in [3.8, 4) is 0 Å². The lowest BCUT2D eigenvalue weighted by Gasteiger charge is -2.28. The first kappa shape index (κ1) is 24.8. The van der Waals surface area contributed by atoms with Gasteiger partial charge in [-0.25, -0.2) is 0 Å². The monoisotopic (exact) mass is 470 g/mol. The SMILES string of the molecule is CCCc1ccc(CC[C@H]2CC[C@H](CCc3ccc(C=Cc4ccc(Cl)cc4)cc3)CC2)cc1. The van der Waals surface area contributed by atoms with Gasteiger partial charge in [-0.15, -0.1) is 0 Å². The maximum Gasteiger partial charge on any atom is 0.0406 e. The first-order chi connectivity index (χ1) is 16.7. The number of hydrogen-bond donors (Lipinski definition) is 0. The zero-order chi connectivity index (χ0) is 23.6. The molecule has 3 aromatic carbocycles. The number of halogens is 1. The number of rotatable bonds is 10. The van der Waals surface area contributed by atoms with Crippen molar-refractivity contribution in [2.45, 2.75) is 71.1 Å². The second-order valence-corrected chi connectivity index (χ2v) is 10.6. The first-order valence-corrected chi connectivity index (χ1v) is 13.7. The van der Waals surface area contributed by atoms with Crippen LogP contribution in [0.25, 0.3) is 12.2 Å². The summed E-state index contributed by atoms with van der Waals surface area (Å²) in [5.41, 5.74) is 6.90. The zero-order valence-corrected chi connectivity index (χ0v) is 21.4. The quantitative estimate of drug-likeness (QED) is 0.258. The Bertz CT molecular complexity index is 1000. The molecule has 1 aliphatic rings. The van der Waals surface area contributed by atoms with Gasteiger partial charge >= 0.3 is 0 Å². The van der Waals surface area contributed by atoms with E-state index in [1.165, 1.54) is 92.0 Å². The van der Waals surface area contributed by atoms with E-state index in [1.807, 2.05) is 24.3 Å². The molecule has 0 bridgehead atoms. The molecular weight excluding hydrogens is 432 g/mol. The molecule has 3 aromatic rings. The van der Waals surface area contributed by atoms with E-state index >= 15 is 0 Å². The summed E-state index contributed by atoms with van der Waals surface area (Å²) in [5, 5.41) is 0.781. The van der Waals surface area contributed by atoms with E-state index in [0.29, 0.717) is 0 Å². The largest absolute Gasteiger partial charge is 0.0843 e. The van der Waals surface area contributed by atoms with Crippen LogP contribution >= 0.6 is 11.6 Å². The molecule has 178 valence electrons. The van der Waals surface area contributed by atoms with Gasteiger partial charge in [-0.2, -0.15) is 0 Å². The fraction of sp³-hybridized carbons (Fsp3) is 0.394. The van der Waals surface area contributed by atoms with Crippen LogP contribution in [-0.2, 0) is 19.3 Å². The summed E-state index contributed by atoms with van der Waals surface area (Å²) in [6.45, 7) is 2.25. The Labute approximate surface area is 212 Å². The summed E-state index contributed by atoms with van der Waals surface area (Å²) in [4.78, 5) is 0. The van der Waals surface area contributed by atoms with Crippen LogP contribution in [0.1, 0.15) is 79.7 Å². The van der Waals surface area contributed by atoms with Crippen molar-refractivity contribution >= 4 is 23.8 Å². The van der Waals surface area contributed by atoms with E-state index in [9.17, 15) is 0 Å². The van der Waals surface area contributed by atoms with E-state index in [-0.39, 0.29) is 0 Å². The maximum absolute atomic E-state index is 5.96. The van der Waals surface area contributed by atoms with Crippen LogP contribution in [0, 0.1) is 11.8 Å². The molecule has 0 radical (unpaired) electrons. The lowest BCUT2D eigenvalue weighted by atomic mass is 9.77. The third-order valence-corrected chi connectivity index (χ3v) is 7.78. The molecule has 0 unspecified atom stereocenters. The van der Waals surface area contributed by atoms with Gasteiger partial charge in [0, 0.05) is 5.02 Å². The van der Waals surface area contributed by atoms with Crippen molar-refractivity contribution in [1.29, 1.82) is 0 Å². The molecule has 0 nitrogen and oxygen atoms in total. The lowest BCUT2D eigenvalue weighted by molar-refractivity contribution is 0.253. The Hall–Kier alpha value is -2.31. The highest BCUT2D eigenvalue weighted by Gasteiger charge is 2.20. The molecule has 0 aromatic heterocycles. The lowest BCUT2D eigenvalue weighted by Crippen LogP contribution is -2.15. The Kier molecular flexibility index (Phi) is 9.45. The van der Waals surface area contributed by atoms with Crippen LogP contribution in [0.3, 0.4) is 0 Å². The Morgan fingerprint density at radius 1 is 0.588 bits per heavy atom. The highest BCUT2D eigenvalue weighted by Crippen LogP contribution is 2.34. The van der Waals surface area contributed by atoms with Crippen LogP contribution in [-0.4, -0.2) is 0 Å². The summed E-state index contributed by atoms with van der Waals surface area (Å²) in [7, 11) is 0. The third kappa shape index (κ3) is 7.88. The number of hydrogen-bond acceptors (Lipinski definition) is 0. The summed E-state index contributed by atoms with van der Waals surface area (Å²) in [6, 6.07) is 26.4.